The first-order valence-corrected chi connectivity index (χ1v) is 7.16. The number of nitrogens with one attached hydrogen (secondary N) is 1. The molecule has 0 saturated carbocycles. The quantitative estimate of drug-likeness (QED) is 0.698. The highest BCUT2D eigenvalue weighted by Crippen LogP contribution is 2.15. The molecule has 0 bridgehead atoms. The molecule has 2 heterocycles. The summed E-state index contributed by atoms with van der Waals surface area (Å²) in [6, 6.07) is -0.643. The Morgan fingerprint density at radius 2 is 1.89 bits per heavy atom. The maximum atomic E-state index is 12.5. The number of carbonyl (C=O) groups excluding carboxylic acids is 2. The number of primary amides is 1. The predicted molar refractivity (Wildman–Crippen MR) is 72.5 cm³/mol. The molecule has 108 valence electrons. The molecule has 2 unspecified atom stereocenters. The molecule has 2 fully saturated rings. The molecule has 0 aromatic heterocycles. The molecular weight excluding hydrogens is 244 g/mol. The van der Waals surface area contributed by atoms with Crippen LogP contribution >= 0.6 is 0 Å². The first kappa shape index (κ1) is 14.3. The zero-order valence-electron chi connectivity index (χ0n) is 11.6. The van der Waals surface area contributed by atoms with E-state index in [0.717, 1.165) is 32.5 Å². The Bertz CT molecular complexity index is 342. The van der Waals surface area contributed by atoms with Crippen LogP contribution in [0.2, 0.25) is 0 Å². The van der Waals surface area contributed by atoms with Crippen molar-refractivity contribution in [1.29, 1.82) is 0 Å². The van der Waals surface area contributed by atoms with E-state index < -0.39 is 0 Å². The summed E-state index contributed by atoms with van der Waals surface area (Å²) < 4.78 is 0. The molecule has 2 aliphatic heterocycles. The van der Waals surface area contributed by atoms with Crippen LogP contribution in [0, 0.1) is 0 Å². The fourth-order valence-corrected chi connectivity index (χ4v) is 2.97. The van der Waals surface area contributed by atoms with Crippen LogP contribution in [0.3, 0.4) is 0 Å². The summed E-state index contributed by atoms with van der Waals surface area (Å²) >= 11 is 0. The Balaban J connectivity index is 2.01. The number of piperidine rings is 1. The van der Waals surface area contributed by atoms with E-state index in [4.69, 9.17) is 5.73 Å². The zero-order valence-corrected chi connectivity index (χ0v) is 11.6. The molecule has 2 saturated heterocycles. The molecule has 2 aliphatic rings. The van der Waals surface area contributed by atoms with E-state index in [9.17, 15) is 9.59 Å². The minimum absolute atomic E-state index is 0.132. The first-order chi connectivity index (χ1) is 9.11. The molecule has 19 heavy (non-hydrogen) atoms. The molecule has 6 heteroatoms. The van der Waals surface area contributed by atoms with Crippen molar-refractivity contribution in [3.8, 4) is 0 Å². The second kappa shape index (κ2) is 6.34. The Morgan fingerprint density at radius 3 is 2.53 bits per heavy atom. The molecule has 2 rings (SSSR count). The number of hydrogen-bond donors (Lipinski definition) is 2. The van der Waals surface area contributed by atoms with Crippen molar-refractivity contribution in [1.82, 2.24) is 15.1 Å². The minimum Gasteiger partial charge on any atom is -0.368 e. The van der Waals surface area contributed by atoms with Crippen LogP contribution in [-0.4, -0.2) is 66.4 Å². The van der Waals surface area contributed by atoms with Gasteiger partial charge in [0.1, 0.15) is 6.04 Å². The number of rotatable bonds is 3. The van der Waals surface area contributed by atoms with E-state index >= 15 is 0 Å². The largest absolute Gasteiger partial charge is 0.368 e. The summed E-state index contributed by atoms with van der Waals surface area (Å²) in [7, 11) is 0. The van der Waals surface area contributed by atoms with Gasteiger partial charge in [0.25, 0.3) is 0 Å². The Kier molecular flexibility index (Phi) is 4.76. The van der Waals surface area contributed by atoms with Gasteiger partial charge in [-0.25, -0.2) is 0 Å². The van der Waals surface area contributed by atoms with Gasteiger partial charge in [0.05, 0.1) is 6.04 Å². The first-order valence-electron chi connectivity index (χ1n) is 7.16. The number of hydrogen-bond acceptors (Lipinski definition) is 4. The molecule has 0 spiro atoms. The third kappa shape index (κ3) is 3.25. The summed E-state index contributed by atoms with van der Waals surface area (Å²) in [6.45, 7) is 5.59. The third-order valence-corrected chi connectivity index (χ3v) is 4.14. The number of nitrogens with zero attached hydrogens (tertiary/aromatic N) is 2. The van der Waals surface area contributed by atoms with Gasteiger partial charge in [-0.15, -0.1) is 0 Å². The lowest BCUT2D eigenvalue weighted by Crippen LogP contribution is -2.62. The highest BCUT2D eigenvalue weighted by molar-refractivity contribution is 5.84. The normalized spacial score (nSPS) is 27.0. The van der Waals surface area contributed by atoms with Gasteiger partial charge in [0.2, 0.25) is 11.8 Å². The van der Waals surface area contributed by atoms with Gasteiger partial charge < -0.3 is 16.0 Å². The number of amides is 2. The van der Waals surface area contributed by atoms with Crippen molar-refractivity contribution < 1.29 is 9.59 Å². The van der Waals surface area contributed by atoms with Gasteiger partial charge in [-0.05, 0) is 26.2 Å². The Labute approximate surface area is 114 Å². The van der Waals surface area contributed by atoms with Crippen molar-refractivity contribution in [3.05, 3.63) is 0 Å². The molecule has 2 atom stereocenters. The predicted octanol–water partition coefficient (Wildman–Crippen LogP) is -0.853. The van der Waals surface area contributed by atoms with Gasteiger partial charge in [0, 0.05) is 32.7 Å². The summed E-state index contributed by atoms with van der Waals surface area (Å²) in [4.78, 5) is 27.8. The number of carbonyl (C=O) groups is 2. The second-order valence-corrected chi connectivity index (χ2v) is 5.42. The minimum atomic E-state index is -0.377. The van der Waals surface area contributed by atoms with Crippen molar-refractivity contribution in [2.45, 2.75) is 38.3 Å². The van der Waals surface area contributed by atoms with Crippen LogP contribution in [-0.2, 0) is 9.59 Å². The average Bonchev–Trinajstić information content (AvgIpc) is 2.46. The number of likely N-dealkylation sites (tertiary alicyclic amines) is 1. The molecule has 6 nitrogen and oxygen atoms in total. The maximum absolute atomic E-state index is 12.5. The van der Waals surface area contributed by atoms with Gasteiger partial charge >= 0.3 is 0 Å². The summed E-state index contributed by atoms with van der Waals surface area (Å²) in [6.07, 6.45) is 3.37. The lowest BCUT2D eigenvalue weighted by molar-refractivity contribution is -0.140. The Morgan fingerprint density at radius 1 is 1.21 bits per heavy atom. The molecular formula is C13H24N4O2. The van der Waals surface area contributed by atoms with Crippen LogP contribution in [0.4, 0.5) is 0 Å². The fraction of sp³-hybridized carbons (Fsp3) is 0.846. The van der Waals surface area contributed by atoms with Crippen molar-refractivity contribution in [2.75, 3.05) is 32.7 Å². The molecule has 3 N–H and O–H groups in total. The van der Waals surface area contributed by atoms with Gasteiger partial charge in [-0.3, -0.25) is 14.5 Å². The molecule has 0 aromatic rings. The molecule has 0 aromatic carbocycles. The summed E-state index contributed by atoms with van der Waals surface area (Å²) in [5.41, 5.74) is 5.43. The molecule has 0 radical (unpaired) electrons. The monoisotopic (exact) mass is 268 g/mol. The van der Waals surface area contributed by atoms with E-state index in [0.29, 0.717) is 13.1 Å². The van der Waals surface area contributed by atoms with Gasteiger partial charge in [-0.2, -0.15) is 0 Å². The van der Waals surface area contributed by atoms with Gasteiger partial charge in [-0.1, -0.05) is 0 Å². The van der Waals surface area contributed by atoms with E-state index in [2.05, 4.69) is 5.32 Å². The standard InChI is InChI=1S/C13H24N4O2/c1-10(13(19)16-6-3-2-4-7-16)17-8-5-15-9-11(17)12(14)18/h10-11,15H,2-9H2,1H3,(H2,14,18). The van der Waals surface area contributed by atoms with Crippen molar-refractivity contribution in [3.63, 3.8) is 0 Å². The SMILES string of the molecule is CC(C(=O)N1CCCCC1)N1CCNCC1C(N)=O. The lowest BCUT2D eigenvalue weighted by Gasteiger charge is -2.40. The molecule has 2 amide bonds. The van der Waals surface area contributed by atoms with E-state index in [1.807, 2.05) is 16.7 Å². The van der Waals surface area contributed by atoms with Crippen LogP contribution in [0.1, 0.15) is 26.2 Å². The highest BCUT2D eigenvalue weighted by atomic mass is 16.2. The van der Waals surface area contributed by atoms with Crippen molar-refractivity contribution in [2.24, 2.45) is 5.73 Å². The van der Waals surface area contributed by atoms with Crippen LogP contribution in [0.15, 0.2) is 0 Å². The van der Waals surface area contributed by atoms with Crippen LogP contribution in [0.25, 0.3) is 0 Å². The molecule has 0 aliphatic carbocycles. The van der Waals surface area contributed by atoms with E-state index in [-0.39, 0.29) is 23.9 Å². The van der Waals surface area contributed by atoms with Crippen LogP contribution < -0.4 is 11.1 Å². The van der Waals surface area contributed by atoms with Crippen molar-refractivity contribution >= 4 is 11.8 Å². The summed E-state index contributed by atoms with van der Waals surface area (Å²) in [5, 5.41) is 3.15. The van der Waals surface area contributed by atoms with Crippen LogP contribution in [0.5, 0.6) is 0 Å². The number of nitrogens with two attached hydrogens (primary N) is 1. The second-order valence-electron chi connectivity index (χ2n) is 5.42. The third-order valence-electron chi connectivity index (χ3n) is 4.14. The van der Waals surface area contributed by atoms with Gasteiger partial charge in [0.15, 0.2) is 0 Å². The highest BCUT2D eigenvalue weighted by Gasteiger charge is 2.35. The van der Waals surface area contributed by atoms with E-state index in [1.165, 1.54) is 6.42 Å². The zero-order chi connectivity index (χ0) is 13.8. The number of piperazine rings is 1. The topological polar surface area (TPSA) is 78.7 Å². The summed E-state index contributed by atoms with van der Waals surface area (Å²) in [5.74, 6) is -0.224. The van der Waals surface area contributed by atoms with E-state index in [1.54, 1.807) is 0 Å². The lowest BCUT2D eigenvalue weighted by atomic mass is 10.1. The Hall–Kier alpha value is -1.14. The average molecular weight is 268 g/mol. The fourth-order valence-electron chi connectivity index (χ4n) is 2.97. The maximum Gasteiger partial charge on any atom is 0.239 e. The smallest absolute Gasteiger partial charge is 0.239 e.